The SMILES string of the molecule is CN=C(NCc1ccc(F)c(CN(C)C)c1)NCc1ccc(C)cc1OC.I. The highest BCUT2D eigenvalue weighted by atomic mass is 127. The molecule has 5 nitrogen and oxygen atoms in total. The Hall–Kier alpha value is -1.87. The van der Waals surface area contributed by atoms with Gasteiger partial charge in [-0.2, -0.15) is 0 Å². The van der Waals surface area contributed by atoms with E-state index in [0.717, 1.165) is 22.4 Å². The number of guanidine groups is 1. The number of halogens is 2. The molecule has 154 valence electrons. The van der Waals surface area contributed by atoms with E-state index in [4.69, 9.17) is 4.74 Å². The predicted molar refractivity (Wildman–Crippen MR) is 124 cm³/mol. The number of methoxy groups -OCH3 is 1. The van der Waals surface area contributed by atoms with E-state index in [1.165, 1.54) is 6.07 Å². The van der Waals surface area contributed by atoms with Crippen molar-refractivity contribution in [2.75, 3.05) is 28.3 Å². The normalized spacial score (nSPS) is 11.2. The molecule has 0 aromatic heterocycles. The first-order chi connectivity index (χ1) is 12.9. The summed E-state index contributed by atoms with van der Waals surface area (Å²) in [7, 11) is 7.25. The predicted octanol–water partition coefficient (Wildman–Crippen LogP) is 3.69. The van der Waals surface area contributed by atoms with Crippen LogP contribution in [0.3, 0.4) is 0 Å². The van der Waals surface area contributed by atoms with E-state index in [9.17, 15) is 4.39 Å². The summed E-state index contributed by atoms with van der Waals surface area (Å²) in [6.45, 7) is 3.76. The third-order valence-corrected chi connectivity index (χ3v) is 4.17. The molecule has 0 aliphatic carbocycles. The lowest BCUT2D eigenvalue weighted by Crippen LogP contribution is -2.36. The number of ether oxygens (including phenoxy) is 1. The Labute approximate surface area is 184 Å². The molecule has 0 radical (unpaired) electrons. The van der Waals surface area contributed by atoms with Crippen molar-refractivity contribution in [3.8, 4) is 5.75 Å². The zero-order chi connectivity index (χ0) is 19.8. The van der Waals surface area contributed by atoms with E-state index in [-0.39, 0.29) is 29.8 Å². The summed E-state index contributed by atoms with van der Waals surface area (Å²) in [6.07, 6.45) is 0. The van der Waals surface area contributed by atoms with E-state index >= 15 is 0 Å². The van der Waals surface area contributed by atoms with Gasteiger partial charge in [0, 0.05) is 37.8 Å². The number of hydrogen-bond donors (Lipinski definition) is 2. The van der Waals surface area contributed by atoms with Gasteiger partial charge in [-0.3, -0.25) is 4.99 Å². The first kappa shape index (κ1) is 24.2. The van der Waals surface area contributed by atoms with E-state index in [1.807, 2.05) is 44.1 Å². The summed E-state index contributed by atoms with van der Waals surface area (Å²) in [5.74, 6) is 1.35. The summed E-state index contributed by atoms with van der Waals surface area (Å²) < 4.78 is 19.3. The fourth-order valence-electron chi connectivity index (χ4n) is 2.78. The summed E-state index contributed by atoms with van der Waals surface area (Å²) in [5.41, 5.74) is 3.90. The summed E-state index contributed by atoms with van der Waals surface area (Å²) in [6, 6.07) is 11.3. The minimum atomic E-state index is -0.179. The molecule has 0 heterocycles. The van der Waals surface area contributed by atoms with Crippen LogP contribution < -0.4 is 15.4 Å². The summed E-state index contributed by atoms with van der Waals surface area (Å²) >= 11 is 0. The molecule has 0 spiro atoms. The van der Waals surface area contributed by atoms with Gasteiger partial charge in [-0.25, -0.2) is 4.39 Å². The first-order valence-electron chi connectivity index (χ1n) is 8.93. The van der Waals surface area contributed by atoms with Crippen molar-refractivity contribution in [3.05, 3.63) is 64.5 Å². The van der Waals surface area contributed by atoms with Gasteiger partial charge in [0.1, 0.15) is 11.6 Å². The Morgan fingerprint density at radius 1 is 1.07 bits per heavy atom. The smallest absolute Gasteiger partial charge is 0.191 e. The van der Waals surface area contributed by atoms with E-state index < -0.39 is 0 Å². The molecule has 0 saturated heterocycles. The van der Waals surface area contributed by atoms with Crippen molar-refractivity contribution >= 4 is 29.9 Å². The molecule has 2 aromatic rings. The number of hydrogen-bond acceptors (Lipinski definition) is 3. The van der Waals surface area contributed by atoms with Crippen LogP contribution in [0.4, 0.5) is 4.39 Å². The van der Waals surface area contributed by atoms with Crippen LogP contribution in [0.2, 0.25) is 0 Å². The number of benzene rings is 2. The van der Waals surface area contributed by atoms with Gasteiger partial charge in [-0.15, -0.1) is 24.0 Å². The number of nitrogens with one attached hydrogen (secondary N) is 2. The third-order valence-electron chi connectivity index (χ3n) is 4.17. The largest absolute Gasteiger partial charge is 0.496 e. The van der Waals surface area contributed by atoms with Crippen LogP contribution in [0.15, 0.2) is 41.4 Å². The van der Waals surface area contributed by atoms with Crippen LogP contribution >= 0.6 is 24.0 Å². The highest BCUT2D eigenvalue weighted by Crippen LogP contribution is 2.19. The molecular weight excluding hydrogens is 470 g/mol. The van der Waals surface area contributed by atoms with Crippen LogP contribution in [-0.2, 0) is 19.6 Å². The van der Waals surface area contributed by atoms with Gasteiger partial charge in [0.05, 0.1) is 7.11 Å². The highest BCUT2D eigenvalue weighted by molar-refractivity contribution is 14.0. The number of aryl methyl sites for hydroxylation is 1. The molecule has 28 heavy (non-hydrogen) atoms. The molecule has 0 saturated carbocycles. The highest BCUT2D eigenvalue weighted by Gasteiger charge is 2.07. The number of nitrogens with zero attached hydrogens (tertiary/aromatic N) is 2. The van der Waals surface area contributed by atoms with E-state index in [1.54, 1.807) is 20.2 Å². The molecular formula is C21H30FIN4O. The Balaban J connectivity index is 0.00000392. The fourth-order valence-corrected chi connectivity index (χ4v) is 2.78. The van der Waals surface area contributed by atoms with Gasteiger partial charge < -0.3 is 20.3 Å². The Kier molecular flexibility index (Phi) is 10.2. The lowest BCUT2D eigenvalue weighted by molar-refractivity contribution is 0.392. The standard InChI is InChI=1S/C21H29FN4O.HI/c1-15-6-8-17(20(10-15)27-5)13-25-21(23-2)24-12-16-7-9-19(22)18(11-16)14-26(3)4;/h6-11H,12-14H2,1-5H3,(H2,23,24,25);1H. The van der Waals surface area contributed by atoms with Gasteiger partial charge in [0.15, 0.2) is 5.96 Å². The second-order valence-corrected chi connectivity index (χ2v) is 6.76. The monoisotopic (exact) mass is 500 g/mol. The van der Waals surface area contributed by atoms with E-state index in [0.29, 0.717) is 31.2 Å². The maximum absolute atomic E-state index is 13.9. The van der Waals surface area contributed by atoms with Gasteiger partial charge in [0.25, 0.3) is 0 Å². The molecule has 0 amide bonds. The minimum Gasteiger partial charge on any atom is -0.496 e. The molecule has 0 unspecified atom stereocenters. The molecule has 0 bridgehead atoms. The second-order valence-electron chi connectivity index (χ2n) is 6.76. The molecule has 7 heteroatoms. The second kappa shape index (κ2) is 11.9. The quantitative estimate of drug-likeness (QED) is 0.346. The average Bonchev–Trinajstić information content (AvgIpc) is 2.64. The van der Waals surface area contributed by atoms with Crippen LogP contribution in [0, 0.1) is 12.7 Å². The molecule has 2 aromatic carbocycles. The lowest BCUT2D eigenvalue weighted by atomic mass is 10.1. The van der Waals surface area contributed by atoms with Gasteiger partial charge in [-0.1, -0.05) is 18.2 Å². The Morgan fingerprint density at radius 3 is 2.43 bits per heavy atom. The topological polar surface area (TPSA) is 48.9 Å². The van der Waals surface area contributed by atoms with Crippen molar-refractivity contribution in [1.29, 1.82) is 0 Å². The molecule has 0 atom stereocenters. The lowest BCUT2D eigenvalue weighted by Gasteiger charge is -2.15. The zero-order valence-electron chi connectivity index (χ0n) is 17.2. The van der Waals surface area contributed by atoms with Crippen LogP contribution in [0.25, 0.3) is 0 Å². The maximum atomic E-state index is 13.9. The van der Waals surface area contributed by atoms with Crippen molar-refractivity contribution in [2.45, 2.75) is 26.6 Å². The molecule has 0 aliphatic rings. The molecule has 0 aliphatic heterocycles. The van der Waals surface area contributed by atoms with Crippen molar-refractivity contribution in [2.24, 2.45) is 4.99 Å². The summed E-state index contributed by atoms with van der Waals surface area (Å²) in [5, 5.41) is 6.55. The maximum Gasteiger partial charge on any atom is 0.191 e. The van der Waals surface area contributed by atoms with Crippen molar-refractivity contribution < 1.29 is 9.13 Å². The van der Waals surface area contributed by atoms with Gasteiger partial charge >= 0.3 is 0 Å². The molecule has 2 N–H and O–H groups in total. The number of rotatable bonds is 7. The molecule has 0 fully saturated rings. The minimum absolute atomic E-state index is 0. The first-order valence-corrected chi connectivity index (χ1v) is 8.93. The Morgan fingerprint density at radius 2 is 1.79 bits per heavy atom. The van der Waals surface area contributed by atoms with Gasteiger partial charge in [-0.05, 0) is 50.3 Å². The number of aliphatic imine (C=N–C) groups is 1. The third kappa shape index (κ3) is 7.27. The zero-order valence-corrected chi connectivity index (χ0v) is 19.5. The van der Waals surface area contributed by atoms with Crippen LogP contribution in [0.5, 0.6) is 5.75 Å². The average molecular weight is 500 g/mol. The summed E-state index contributed by atoms with van der Waals surface area (Å²) in [4.78, 5) is 6.20. The van der Waals surface area contributed by atoms with Gasteiger partial charge in [0.2, 0.25) is 0 Å². The molecule has 2 rings (SSSR count). The fraction of sp³-hybridized carbons (Fsp3) is 0.381. The Bertz CT molecular complexity index is 796. The van der Waals surface area contributed by atoms with Crippen molar-refractivity contribution in [3.63, 3.8) is 0 Å². The van der Waals surface area contributed by atoms with Crippen LogP contribution in [0.1, 0.15) is 22.3 Å². The van der Waals surface area contributed by atoms with Crippen LogP contribution in [-0.4, -0.2) is 39.1 Å². The van der Waals surface area contributed by atoms with Crippen molar-refractivity contribution in [1.82, 2.24) is 15.5 Å². The van der Waals surface area contributed by atoms with E-state index in [2.05, 4.69) is 21.7 Å².